The number of methoxy groups -OCH3 is 2. The summed E-state index contributed by atoms with van der Waals surface area (Å²) in [4.78, 5) is 30.6. The largest absolute Gasteiger partial charge is 0.493 e. The number of hydrogen-bond donors (Lipinski definition) is 0. The first kappa shape index (κ1) is 22.9. The molecule has 174 valence electrons. The molecule has 0 bridgehead atoms. The Bertz CT molecular complexity index is 1080. The summed E-state index contributed by atoms with van der Waals surface area (Å²) in [5.74, 6) is 0.569. The number of ether oxygens (including phenoxy) is 3. The number of rotatable bonds is 6. The molecule has 33 heavy (non-hydrogen) atoms. The Labute approximate surface area is 194 Å². The Morgan fingerprint density at radius 3 is 2.15 bits per heavy atom. The van der Waals surface area contributed by atoms with Crippen molar-refractivity contribution in [2.45, 2.75) is 39.5 Å². The molecule has 2 aliphatic rings. The zero-order chi connectivity index (χ0) is 23.7. The van der Waals surface area contributed by atoms with Gasteiger partial charge in [0.2, 0.25) is 0 Å². The Kier molecular flexibility index (Phi) is 6.42. The Balaban J connectivity index is 1.72. The molecule has 2 aliphatic heterocycles. The van der Waals surface area contributed by atoms with Gasteiger partial charge in [-0.15, -0.1) is 0 Å². The quantitative estimate of drug-likeness (QED) is 0.629. The maximum Gasteiger partial charge on any atom is 0.278 e. The van der Waals surface area contributed by atoms with Crippen molar-refractivity contribution in [3.8, 4) is 11.5 Å². The van der Waals surface area contributed by atoms with Gasteiger partial charge in [0.1, 0.15) is 5.70 Å². The monoisotopic (exact) mass is 450 g/mol. The zero-order valence-electron chi connectivity index (χ0n) is 19.8. The van der Waals surface area contributed by atoms with E-state index in [-0.39, 0.29) is 30.6 Å². The van der Waals surface area contributed by atoms with E-state index in [1.54, 1.807) is 26.4 Å². The number of morpholine rings is 1. The molecule has 1 saturated heterocycles. The van der Waals surface area contributed by atoms with Gasteiger partial charge in [-0.2, -0.15) is 0 Å². The first-order valence-corrected chi connectivity index (χ1v) is 11.1. The minimum Gasteiger partial charge on any atom is -0.493 e. The molecular weight excluding hydrogens is 420 g/mol. The minimum atomic E-state index is -0.291. The van der Waals surface area contributed by atoms with Crippen LogP contribution in [-0.4, -0.2) is 61.1 Å². The summed E-state index contributed by atoms with van der Waals surface area (Å²) in [7, 11) is 3.13. The van der Waals surface area contributed by atoms with E-state index in [9.17, 15) is 9.59 Å². The highest BCUT2D eigenvalue weighted by Gasteiger charge is 2.43. The van der Waals surface area contributed by atoms with E-state index in [0.717, 1.165) is 16.7 Å². The maximum atomic E-state index is 13.7. The molecular formula is C26H30N2O5. The fraction of sp³-hybridized carbons (Fsp3) is 0.385. The zero-order valence-corrected chi connectivity index (χ0v) is 19.8. The first-order valence-electron chi connectivity index (χ1n) is 11.1. The lowest BCUT2D eigenvalue weighted by atomic mass is 10.0. The normalized spacial score (nSPS) is 21.1. The van der Waals surface area contributed by atoms with Crippen LogP contribution in [0.3, 0.4) is 0 Å². The van der Waals surface area contributed by atoms with Crippen LogP contribution in [0.2, 0.25) is 0 Å². The molecule has 0 aliphatic carbocycles. The topological polar surface area (TPSA) is 68.3 Å². The van der Waals surface area contributed by atoms with Crippen molar-refractivity contribution in [3.05, 3.63) is 64.9 Å². The van der Waals surface area contributed by atoms with Crippen LogP contribution in [0.5, 0.6) is 11.5 Å². The van der Waals surface area contributed by atoms with E-state index >= 15 is 0 Å². The third-order valence-corrected chi connectivity index (χ3v) is 6.01. The van der Waals surface area contributed by atoms with Crippen molar-refractivity contribution in [2.24, 2.45) is 0 Å². The summed E-state index contributed by atoms with van der Waals surface area (Å²) in [5.41, 5.74) is 3.51. The number of carbonyl (C=O) groups excluding carboxylic acids is 2. The summed E-state index contributed by atoms with van der Waals surface area (Å²) in [6.07, 6.45) is -0.0772. The number of imide groups is 1. The highest BCUT2D eigenvalue weighted by atomic mass is 16.5. The summed E-state index contributed by atoms with van der Waals surface area (Å²) in [6.45, 7) is 7.22. The van der Waals surface area contributed by atoms with Crippen LogP contribution in [0.15, 0.2) is 48.2 Å². The molecule has 0 aromatic heterocycles. The van der Waals surface area contributed by atoms with E-state index in [4.69, 9.17) is 14.2 Å². The van der Waals surface area contributed by atoms with Gasteiger partial charge < -0.3 is 19.1 Å². The summed E-state index contributed by atoms with van der Waals surface area (Å²) in [5, 5.41) is 0. The second-order valence-corrected chi connectivity index (χ2v) is 8.64. The number of benzene rings is 2. The van der Waals surface area contributed by atoms with Crippen LogP contribution in [0.1, 0.15) is 30.5 Å². The first-order chi connectivity index (χ1) is 15.8. The molecule has 2 aromatic rings. The van der Waals surface area contributed by atoms with Crippen molar-refractivity contribution < 1.29 is 23.8 Å². The molecule has 2 atom stereocenters. The lowest BCUT2D eigenvalue weighted by Gasteiger charge is -2.37. The molecule has 2 aromatic carbocycles. The minimum absolute atomic E-state index is 0.0386. The predicted octanol–water partition coefficient (Wildman–Crippen LogP) is 3.40. The van der Waals surface area contributed by atoms with Crippen LogP contribution in [-0.2, 0) is 20.9 Å². The third-order valence-electron chi connectivity index (χ3n) is 6.01. The van der Waals surface area contributed by atoms with Gasteiger partial charge in [-0.1, -0.05) is 35.9 Å². The maximum absolute atomic E-state index is 13.7. The van der Waals surface area contributed by atoms with Crippen molar-refractivity contribution in [1.82, 2.24) is 9.80 Å². The number of hydrogen-bond acceptors (Lipinski definition) is 6. The molecule has 7 nitrogen and oxygen atoms in total. The van der Waals surface area contributed by atoms with E-state index in [2.05, 4.69) is 0 Å². The van der Waals surface area contributed by atoms with Crippen molar-refractivity contribution in [1.29, 1.82) is 0 Å². The molecule has 4 rings (SSSR count). The average molecular weight is 451 g/mol. The Hall–Kier alpha value is -3.32. The number of amides is 2. The fourth-order valence-electron chi connectivity index (χ4n) is 4.50. The molecule has 1 fully saturated rings. The molecule has 0 N–H and O–H groups in total. The lowest BCUT2D eigenvalue weighted by Crippen LogP contribution is -2.46. The highest BCUT2D eigenvalue weighted by Crippen LogP contribution is 2.35. The molecule has 2 heterocycles. The summed E-state index contributed by atoms with van der Waals surface area (Å²) < 4.78 is 16.6. The second kappa shape index (κ2) is 9.27. The predicted molar refractivity (Wildman–Crippen MR) is 125 cm³/mol. The van der Waals surface area contributed by atoms with Crippen LogP contribution in [0.25, 0.3) is 5.57 Å². The van der Waals surface area contributed by atoms with Crippen LogP contribution in [0.4, 0.5) is 0 Å². The molecule has 7 heteroatoms. The summed E-state index contributed by atoms with van der Waals surface area (Å²) in [6, 6.07) is 13.1. The van der Waals surface area contributed by atoms with Gasteiger partial charge in [0.05, 0.1) is 38.5 Å². The smallest absolute Gasteiger partial charge is 0.278 e. The van der Waals surface area contributed by atoms with Crippen LogP contribution < -0.4 is 9.47 Å². The van der Waals surface area contributed by atoms with Gasteiger partial charge in [-0.05, 0) is 44.0 Å². The van der Waals surface area contributed by atoms with Gasteiger partial charge in [-0.3, -0.25) is 14.5 Å². The van der Waals surface area contributed by atoms with Crippen molar-refractivity contribution in [3.63, 3.8) is 0 Å². The van der Waals surface area contributed by atoms with Gasteiger partial charge >= 0.3 is 0 Å². The molecule has 2 unspecified atom stereocenters. The molecule has 0 radical (unpaired) electrons. The Morgan fingerprint density at radius 2 is 1.55 bits per heavy atom. The van der Waals surface area contributed by atoms with Crippen molar-refractivity contribution in [2.75, 3.05) is 27.3 Å². The SMILES string of the molecule is COc1ccc(CN2C(=O)C(c3ccc(C)cc3)=C(N3CC(C)OC(C)C3)C2=O)cc1OC. The van der Waals surface area contributed by atoms with Crippen LogP contribution in [0, 0.1) is 6.92 Å². The van der Waals surface area contributed by atoms with Gasteiger partial charge in [0, 0.05) is 13.1 Å². The fourth-order valence-corrected chi connectivity index (χ4v) is 4.50. The van der Waals surface area contributed by atoms with Gasteiger partial charge in [0.15, 0.2) is 11.5 Å². The molecule has 2 amide bonds. The number of aryl methyl sites for hydroxylation is 1. The highest BCUT2D eigenvalue weighted by molar-refractivity contribution is 6.35. The van der Waals surface area contributed by atoms with Crippen LogP contribution >= 0.6 is 0 Å². The van der Waals surface area contributed by atoms with E-state index in [1.165, 1.54) is 4.90 Å². The standard InChI is InChI=1S/C26H30N2O5/c1-16-6-9-20(10-7-16)23-24(27-13-17(2)33-18(3)14-27)26(30)28(25(23)29)15-19-8-11-21(31-4)22(12-19)32-5/h6-12,17-18H,13-15H2,1-5H3. The molecule has 0 spiro atoms. The van der Waals surface area contributed by atoms with Gasteiger partial charge in [-0.25, -0.2) is 0 Å². The van der Waals surface area contributed by atoms with Gasteiger partial charge in [0.25, 0.3) is 11.8 Å². The number of carbonyl (C=O) groups is 2. The van der Waals surface area contributed by atoms with E-state index < -0.39 is 0 Å². The molecule has 0 saturated carbocycles. The van der Waals surface area contributed by atoms with E-state index in [1.807, 2.05) is 56.0 Å². The van der Waals surface area contributed by atoms with E-state index in [0.29, 0.717) is 35.9 Å². The third kappa shape index (κ3) is 4.46. The second-order valence-electron chi connectivity index (χ2n) is 8.64. The summed E-state index contributed by atoms with van der Waals surface area (Å²) >= 11 is 0. The van der Waals surface area contributed by atoms with Crippen molar-refractivity contribution >= 4 is 17.4 Å². The average Bonchev–Trinajstić information content (AvgIpc) is 3.03. The number of nitrogens with zero attached hydrogens (tertiary/aromatic N) is 2. The lowest BCUT2D eigenvalue weighted by molar-refractivity contribution is -0.139. The Morgan fingerprint density at radius 1 is 0.909 bits per heavy atom.